The molecule has 8 heteroatoms. The van der Waals surface area contributed by atoms with E-state index in [1.165, 1.54) is 6.20 Å². The van der Waals surface area contributed by atoms with E-state index in [0.717, 1.165) is 11.3 Å². The van der Waals surface area contributed by atoms with Crippen molar-refractivity contribution in [2.24, 2.45) is 0 Å². The zero-order valence-corrected chi connectivity index (χ0v) is 14.1. The van der Waals surface area contributed by atoms with Gasteiger partial charge in [-0.2, -0.15) is 0 Å². The summed E-state index contributed by atoms with van der Waals surface area (Å²) in [6.07, 6.45) is 3.07. The van der Waals surface area contributed by atoms with Gasteiger partial charge in [-0.15, -0.1) is 11.3 Å². The van der Waals surface area contributed by atoms with Gasteiger partial charge in [-0.3, -0.25) is 4.79 Å². The number of carboxylic acid groups (broad SMARTS) is 1. The summed E-state index contributed by atoms with van der Waals surface area (Å²) in [7, 11) is 0. The van der Waals surface area contributed by atoms with E-state index in [0.29, 0.717) is 16.5 Å². The van der Waals surface area contributed by atoms with Gasteiger partial charge in [0.25, 0.3) is 5.91 Å². The number of ether oxygens (including phenoxy) is 1. The van der Waals surface area contributed by atoms with Gasteiger partial charge in [0, 0.05) is 6.20 Å². The van der Waals surface area contributed by atoms with Gasteiger partial charge in [0.1, 0.15) is 16.5 Å². The highest BCUT2D eigenvalue weighted by atomic mass is 32.1. The van der Waals surface area contributed by atoms with Crippen LogP contribution in [0.4, 0.5) is 0 Å². The third-order valence-electron chi connectivity index (χ3n) is 3.07. The fraction of sp³-hybridized carbons (Fsp3) is 0.250. The number of carbonyl (C=O) groups is 2. The molecule has 1 atom stereocenters. The Morgan fingerprint density at radius 2 is 2.29 bits per heavy atom. The van der Waals surface area contributed by atoms with E-state index in [4.69, 9.17) is 9.84 Å². The summed E-state index contributed by atoms with van der Waals surface area (Å²) in [5.74, 6) is -1.10. The maximum atomic E-state index is 12.4. The first-order valence-electron chi connectivity index (χ1n) is 7.14. The molecule has 1 amide bonds. The number of nitrogens with one attached hydrogen (secondary N) is 1. The van der Waals surface area contributed by atoms with Gasteiger partial charge in [-0.05, 0) is 26.0 Å². The number of nitrogens with zero attached hydrogens (tertiary/aromatic N) is 2. The predicted molar refractivity (Wildman–Crippen MR) is 89.6 cm³/mol. The van der Waals surface area contributed by atoms with Gasteiger partial charge in [0.05, 0.1) is 11.7 Å². The first-order chi connectivity index (χ1) is 11.4. The molecular formula is C16H17N3O4S. The summed E-state index contributed by atoms with van der Waals surface area (Å²) >= 11 is 1.04. The second kappa shape index (κ2) is 7.69. The van der Waals surface area contributed by atoms with Gasteiger partial charge in [-0.25, -0.2) is 14.8 Å². The molecule has 0 spiro atoms. The molecule has 24 heavy (non-hydrogen) atoms. The zero-order chi connectivity index (χ0) is 17.7. The Hall–Kier alpha value is -2.74. The van der Waals surface area contributed by atoms with Crippen molar-refractivity contribution in [1.82, 2.24) is 15.3 Å². The minimum absolute atomic E-state index is 0.151. The highest BCUT2D eigenvalue weighted by molar-refractivity contribution is 7.13. The van der Waals surface area contributed by atoms with Crippen LogP contribution in [0, 0.1) is 6.92 Å². The summed E-state index contributed by atoms with van der Waals surface area (Å²) in [4.78, 5) is 31.9. The first kappa shape index (κ1) is 17.6. The second-order valence-corrected chi connectivity index (χ2v) is 5.95. The predicted octanol–water partition coefficient (Wildman–Crippen LogP) is 2.60. The van der Waals surface area contributed by atoms with Crippen LogP contribution in [-0.4, -0.2) is 33.6 Å². The van der Waals surface area contributed by atoms with Gasteiger partial charge in [0.15, 0.2) is 11.4 Å². The summed E-state index contributed by atoms with van der Waals surface area (Å²) in [6.45, 7) is 7.18. The second-order valence-electron chi connectivity index (χ2n) is 4.92. The molecule has 2 N–H and O–H groups in total. The maximum absolute atomic E-state index is 12.4. The van der Waals surface area contributed by atoms with Crippen molar-refractivity contribution in [2.45, 2.75) is 19.9 Å². The molecular weight excluding hydrogens is 330 g/mol. The molecule has 2 aromatic heterocycles. The number of hydrogen-bond acceptors (Lipinski definition) is 6. The van der Waals surface area contributed by atoms with Crippen LogP contribution in [0.2, 0.25) is 0 Å². The van der Waals surface area contributed by atoms with Crippen LogP contribution in [0.25, 0.3) is 0 Å². The Labute approximate surface area is 143 Å². The monoisotopic (exact) mass is 347 g/mol. The van der Waals surface area contributed by atoms with Crippen molar-refractivity contribution in [2.75, 3.05) is 6.61 Å². The van der Waals surface area contributed by atoms with Crippen LogP contribution in [0.1, 0.15) is 43.8 Å². The van der Waals surface area contributed by atoms with E-state index in [-0.39, 0.29) is 17.2 Å². The molecule has 1 unspecified atom stereocenters. The van der Waals surface area contributed by atoms with E-state index in [1.807, 2.05) is 0 Å². The number of aromatic nitrogens is 2. The number of carbonyl (C=O) groups excluding carboxylic acids is 1. The maximum Gasteiger partial charge on any atom is 0.347 e. The quantitative estimate of drug-likeness (QED) is 0.747. The number of aryl methyl sites for hydroxylation is 1. The van der Waals surface area contributed by atoms with Gasteiger partial charge in [-0.1, -0.05) is 12.7 Å². The third-order valence-corrected chi connectivity index (χ3v) is 4.40. The number of pyridine rings is 1. The standard InChI is InChI=1S/C16H17N3O4S/c1-4-8-23-11-6-5-7-17-12(11)14(20)18-10(3)15-19-9(2)13(24-15)16(21)22/h4-7,10H,1,8H2,2-3H3,(H,18,20)(H,21,22). The Balaban J connectivity index is 2.16. The Morgan fingerprint density at radius 1 is 1.54 bits per heavy atom. The summed E-state index contributed by atoms with van der Waals surface area (Å²) < 4.78 is 5.42. The number of rotatable bonds is 7. The lowest BCUT2D eigenvalue weighted by Crippen LogP contribution is -2.28. The molecule has 0 radical (unpaired) electrons. The number of carboxylic acids is 1. The molecule has 0 saturated heterocycles. The van der Waals surface area contributed by atoms with Crippen LogP contribution in [0.15, 0.2) is 31.0 Å². The summed E-state index contributed by atoms with van der Waals surface area (Å²) in [5, 5.41) is 12.4. The van der Waals surface area contributed by atoms with Gasteiger partial charge >= 0.3 is 5.97 Å². The van der Waals surface area contributed by atoms with Crippen LogP contribution in [0.5, 0.6) is 5.75 Å². The van der Waals surface area contributed by atoms with Crippen molar-refractivity contribution in [3.05, 3.63) is 52.3 Å². The van der Waals surface area contributed by atoms with Crippen molar-refractivity contribution in [1.29, 1.82) is 0 Å². The Morgan fingerprint density at radius 3 is 2.92 bits per heavy atom. The number of thiazole rings is 1. The lowest BCUT2D eigenvalue weighted by atomic mass is 10.2. The minimum Gasteiger partial charge on any atom is -0.487 e. The molecule has 2 heterocycles. The van der Waals surface area contributed by atoms with Crippen LogP contribution in [-0.2, 0) is 0 Å². The molecule has 0 aromatic carbocycles. The molecule has 126 valence electrons. The van der Waals surface area contributed by atoms with Crippen molar-refractivity contribution >= 4 is 23.2 Å². The van der Waals surface area contributed by atoms with Gasteiger partial charge < -0.3 is 15.2 Å². The smallest absolute Gasteiger partial charge is 0.347 e. The number of amides is 1. The van der Waals surface area contributed by atoms with Crippen molar-refractivity contribution in [3.63, 3.8) is 0 Å². The fourth-order valence-electron chi connectivity index (χ4n) is 1.95. The average Bonchev–Trinajstić information content (AvgIpc) is 2.95. The Kier molecular flexibility index (Phi) is 5.64. The van der Waals surface area contributed by atoms with Gasteiger partial charge in [0.2, 0.25) is 0 Å². The minimum atomic E-state index is -1.03. The normalized spacial score (nSPS) is 11.6. The van der Waals surface area contributed by atoms with E-state index in [1.54, 1.807) is 32.1 Å². The zero-order valence-electron chi connectivity index (χ0n) is 13.3. The highest BCUT2D eigenvalue weighted by Gasteiger charge is 2.21. The molecule has 0 saturated carbocycles. The Bertz CT molecular complexity index is 772. The lowest BCUT2D eigenvalue weighted by molar-refractivity contribution is 0.0700. The summed E-state index contributed by atoms with van der Waals surface area (Å²) in [5.41, 5.74) is 0.578. The fourth-order valence-corrected chi connectivity index (χ4v) is 2.86. The van der Waals surface area contributed by atoms with Crippen LogP contribution >= 0.6 is 11.3 Å². The molecule has 2 rings (SSSR count). The van der Waals surface area contributed by atoms with Crippen molar-refractivity contribution < 1.29 is 19.4 Å². The van der Waals surface area contributed by atoms with E-state index < -0.39 is 17.9 Å². The third kappa shape index (κ3) is 3.96. The molecule has 0 bridgehead atoms. The lowest BCUT2D eigenvalue weighted by Gasteiger charge is -2.13. The molecule has 0 aliphatic heterocycles. The van der Waals surface area contributed by atoms with Crippen molar-refractivity contribution in [3.8, 4) is 5.75 Å². The largest absolute Gasteiger partial charge is 0.487 e. The summed E-state index contributed by atoms with van der Waals surface area (Å²) in [6, 6.07) is 2.86. The van der Waals surface area contributed by atoms with E-state index >= 15 is 0 Å². The molecule has 7 nitrogen and oxygen atoms in total. The van der Waals surface area contributed by atoms with E-state index in [2.05, 4.69) is 21.9 Å². The molecule has 0 aliphatic carbocycles. The molecule has 0 fully saturated rings. The van der Waals surface area contributed by atoms with Crippen LogP contribution < -0.4 is 10.1 Å². The number of aromatic carboxylic acids is 1. The number of hydrogen-bond donors (Lipinski definition) is 2. The SMILES string of the molecule is C=CCOc1cccnc1C(=O)NC(C)c1nc(C)c(C(=O)O)s1. The molecule has 0 aliphatic rings. The van der Waals surface area contributed by atoms with Crippen LogP contribution in [0.3, 0.4) is 0 Å². The topological polar surface area (TPSA) is 101 Å². The first-order valence-corrected chi connectivity index (χ1v) is 7.95. The average molecular weight is 347 g/mol. The highest BCUT2D eigenvalue weighted by Crippen LogP contribution is 2.24. The van der Waals surface area contributed by atoms with E-state index in [9.17, 15) is 9.59 Å². The molecule has 2 aromatic rings.